The zero-order valence-corrected chi connectivity index (χ0v) is 13.0. The fourth-order valence-electron chi connectivity index (χ4n) is 2.21. The number of amides is 1. The summed E-state index contributed by atoms with van der Waals surface area (Å²) < 4.78 is 0.987. The van der Waals surface area contributed by atoms with Gasteiger partial charge >= 0.3 is 0 Å². The van der Waals surface area contributed by atoms with Gasteiger partial charge in [-0.05, 0) is 47.3 Å². The average Bonchev–Trinajstić information content (AvgIpc) is 2.77. The predicted molar refractivity (Wildman–Crippen MR) is 78.8 cm³/mol. The van der Waals surface area contributed by atoms with E-state index < -0.39 is 0 Å². The van der Waals surface area contributed by atoms with Gasteiger partial charge in [-0.25, -0.2) is 0 Å². The van der Waals surface area contributed by atoms with E-state index in [4.69, 9.17) is 10.9 Å². The van der Waals surface area contributed by atoms with Crippen molar-refractivity contribution < 1.29 is 10.0 Å². The topological polar surface area (TPSA) is 78.9 Å². The van der Waals surface area contributed by atoms with Crippen LogP contribution < -0.4 is 5.73 Å². The Bertz CT molecular complexity index is 496. The minimum Gasteiger partial charge on any atom is -0.409 e. The molecule has 1 aromatic heterocycles. The minimum absolute atomic E-state index is 0.0224. The first kappa shape index (κ1) is 14.3. The van der Waals surface area contributed by atoms with Crippen molar-refractivity contribution in [1.82, 2.24) is 4.90 Å². The largest absolute Gasteiger partial charge is 0.409 e. The second-order valence-corrected chi connectivity index (χ2v) is 7.05. The lowest BCUT2D eigenvalue weighted by Gasteiger charge is -2.31. The van der Waals surface area contributed by atoms with Crippen LogP contribution in [0, 0.1) is 12.8 Å². The molecule has 2 heterocycles. The molecule has 1 amide bonds. The molecular formula is C12H16BrN3O2S. The van der Waals surface area contributed by atoms with Gasteiger partial charge in [0.25, 0.3) is 5.91 Å². The number of carbonyl (C=O) groups is 1. The maximum atomic E-state index is 12.4. The summed E-state index contributed by atoms with van der Waals surface area (Å²) in [7, 11) is 0. The van der Waals surface area contributed by atoms with Gasteiger partial charge in [0.05, 0.1) is 8.66 Å². The van der Waals surface area contributed by atoms with Gasteiger partial charge in [-0.1, -0.05) is 5.16 Å². The van der Waals surface area contributed by atoms with Gasteiger partial charge in [-0.2, -0.15) is 0 Å². The zero-order chi connectivity index (χ0) is 14.0. The van der Waals surface area contributed by atoms with Crippen molar-refractivity contribution in [3.8, 4) is 0 Å². The summed E-state index contributed by atoms with van der Waals surface area (Å²) in [5, 5.41) is 11.8. The zero-order valence-electron chi connectivity index (χ0n) is 10.6. The molecule has 1 atom stereocenters. The molecule has 1 saturated heterocycles. The third kappa shape index (κ3) is 3.09. The molecule has 1 fully saturated rings. The Morgan fingerprint density at radius 2 is 2.42 bits per heavy atom. The number of hydrogen-bond donors (Lipinski definition) is 2. The number of aryl methyl sites for hydroxylation is 1. The molecule has 1 aromatic rings. The average molecular weight is 346 g/mol. The molecule has 7 heteroatoms. The molecule has 1 aliphatic heterocycles. The van der Waals surface area contributed by atoms with Crippen LogP contribution in [0.4, 0.5) is 0 Å². The molecule has 1 unspecified atom stereocenters. The maximum absolute atomic E-state index is 12.4. The Kier molecular flexibility index (Phi) is 4.46. The van der Waals surface area contributed by atoms with Gasteiger partial charge in [0.1, 0.15) is 5.84 Å². The number of carbonyl (C=O) groups excluding carboxylic acids is 1. The van der Waals surface area contributed by atoms with Crippen LogP contribution in [0.5, 0.6) is 0 Å². The molecule has 5 nitrogen and oxygen atoms in total. The Morgan fingerprint density at radius 3 is 3.00 bits per heavy atom. The molecule has 0 bridgehead atoms. The summed E-state index contributed by atoms with van der Waals surface area (Å²) >= 11 is 4.88. The van der Waals surface area contributed by atoms with Crippen molar-refractivity contribution >= 4 is 39.0 Å². The van der Waals surface area contributed by atoms with E-state index in [0.717, 1.165) is 33.6 Å². The SMILES string of the molecule is Cc1cc(C(=O)N2CCCC(C(N)=NO)C2)sc1Br. The van der Waals surface area contributed by atoms with Crippen LogP contribution in [-0.2, 0) is 0 Å². The lowest BCUT2D eigenvalue weighted by Crippen LogP contribution is -2.44. The summed E-state index contributed by atoms with van der Waals surface area (Å²) in [5.41, 5.74) is 6.70. The first-order valence-electron chi connectivity index (χ1n) is 6.05. The second-order valence-electron chi connectivity index (χ2n) is 4.68. The fraction of sp³-hybridized carbons (Fsp3) is 0.500. The van der Waals surface area contributed by atoms with E-state index in [1.165, 1.54) is 11.3 Å². The van der Waals surface area contributed by atoms with Crippen LogP contribution in [0.25, 0.3) is 0 Å². The molecular weight excluding hydrogens is 330 g/mol. The Morgan fingerprint density at radius 1 is 1.68 bits per heavy atom. The van der Waals surface area contributed by atoms with Gasteiger partial charge in [0.15, 0.2) is 0 Å². The van der Waals surface area contributed by atoms with Crippen molar-refractivity contribution in [1.29, 1.82) is 0 Å². The number of likely N-dealkylation sites (tertiary alicyclic amines) is 1. The lowest BCUT2D eigenvalue weighted by molar-refractivity contribution is 0.0706. The molecule has 0 saturated carbocycles. The fourth-order valence-corrected chi connectivity index (χ4v) is 3.71. The Labute approximate surface area is 124 Å². The van der Waals surface area contributed by atoms with E-state index in [1.54, 1.807) is 4.90 Å². The number of halogens is 1. The van der Waals surface area contributed by atoms with E-state index in [1.807, 2.05) is 13.0 Å². The molecule has 104 valence electrons. The predicted octanol–water partition coefficient (Wildman–Crippen LogP) is 2.42. The number of piperidine rings is 1. The quantitative estimate of drug-likeness (QED) is 0.374. The third-order valence-electron chi connectivity index (χ3n) is 3.31. The number of nitrogens with zero attached hydrogens (tertiary/aromatic N) is 2. The summed E-state index contributed by atoms with van der Waals surface area (Å²) in [6.45, 7) is 3.21. The van der Waals surface area contributed by atoms with E-state index in [-0.39, 0.29) is 17.7 Å². The van der Waals surface area contributed by atoms with Crippen molar-refractivity contribution in [2.75, 3.05) is 13.1 Å². The van der Waals surface area contributed by atoms with E-state index in [9.17, 15) is 4.79 Å². The summed E-state index contributed by atoms with van der Waals surface area (Å²) in [4.78, 5) is 14.9. The molecule has 0 spiro atoms. The van der Waals surface area contributed by atoms with Crippen LogP contribution >= 0.6 is 27.3 Å². The summed E-state index contributed by atoms with van der Waals surface area (Å²) in [6, 6.07) is 1.89. The third-order valence-corrected chi connectivity index (χ3v) is 5.43. The van der Waals surface area contributed by atoms with Gasteiger partial charge < -0.3 is 15.8 Å². The number of hydrogen-bond acceptors (Lipinski definition) is 4. The van der Waals surface area contributed by atoms with Crippen LogP contribution in [0.2, 0.25) is 0 Å². The van der Waals surface area contributed by atoms with Crippen molar-refractivity contribution in [3.63, 3.8) is 0 Å². The van der Waals surface area contributed by atoms with Crippen molar-refractivity contribution in [2.24, 2.45) is 16.8 Å². The molecule has 2 rings (SSSR count). The van der Waals surface area contributed by atoms with Crippen LogP contribution in [0.1, 0.15) is 28.1 Å². The molecule has 0 aliphatic carbocycles. The summed E-state index contributed by atoms with van der Waals surface area (Å²) in [5.74, 6) is 0.183. The van der Waals surface area contributed by atoms with E-state index >= 15 is 0 Å². The highest BCUT2D eigenvalue weighted by atomic mass is 79.9. The normalized spacial score (nSPS) is 20.6. The van der Waals surface area contributed by atoms with Gasteiger partial charge in [0, 0.05) is 19.0 Å². The molecule has 0 aromatic carbocycles. The van der Waals surface area contributed by atoms with Crippen LogP contribution in [-0.4, -0.2) is 34.9 Å². The minimum atomic E-state index is -0.0489. The smallest absolute Gasteiger partial charge is 0.263 e. The van der Waals surface area contributed by atoms with E-state index in [0.29, 0.717) is 6.54 Å². The second kappa shape index (κ2) is 5.92. The molecule has 19 heavy (non-hydrogen) atoms. The number of rotatable bonds is 2. The Balaban J connectivity index is 2.11. The monoisotopic (exact) mass is 345 g/mol. The van der Waals surface area contributed by atoms with Crippen LogP contribution in [0.15, 0.2) is 15.0 Å². The van der Waals surface area contributed by atoms with Gasteiger partial charge in [-0.15, -0.1) is 11.3 Å². The van der Waals surface area contributed by atoms with E-state index in [2.05, 4.69) is 21.1 Å². The van der Waals surface area contributed by atoms with Crippen molar-refractivity contribution in [2.45, 2.75) is 19.8 Å². The number of nitrogens with two attached hydrogens (primary N) is 1. The molecule has 1 aliphatic rings. The highest BCUT2D eigenvalue weighted by Gasteiger charge is 2.27. The van der Waals surface area contributed by atoms with Crippen LogP contribution in [0.3, 0.4) is 0 Å². The van der Waals surface area contributed by atoms with Crippen molar-refractivity contribution in [3.05, 3.63) is 20.3 Å². The van der Waals surface area contributed by atoms with Gasteiger partial charge in [-0.3, -0.25) is 4.79 Å². The highest BCUT2D eigenvalue weighted by molar-refractivity contribution is 9.11. The number of thiophene rings is 1. The number of amidine groups is 1. The van der Waals surface area contributed by atoms with Gasteiger partial charge in [0.2, 0.25) is 0 Å². The lowest BCUT2D eigenvalue weighted by atomic mass is 9.97. The highest BCUT2D eigenvalue weighted by Crippen LogP contribution is 2.29. The Hall–Kier alpha value is -1.08. The summed E-state index contributed by atoms with van der Waals surface area (Å²) in [6.07, 6.45) is 1.73. The number of oxime groups is 1. The molecule has 0 radical (unpaired) electrons. The first-order valence-corrected chi connectivity index (χ1v) is 7.66. The molecule has 3 N–H and O–H groups in total. The first-order chi connectivity index (χ1) is 9.02. The maximum Gasteiger partial charge on any atom is 0.263 e. The standard InChI is InChI=1S/C12H16BrN3O2S/c1-7-5-9(19-10(7)13)12(17)16-4-2-3-8(6-16)11(14)15-18/h5,8,18H,2-4,6H2,1H3,(H2,14,15).